The molecule has 1 rings (SSSR count). The molecule has 0 amide bonds. The first-order valence-electron chi connectivity index (χ1n) is 9.91. The molecule has 0 aliphatic carbocycles. The number of aliphatic hydroxyl groups is 1. The Labute approximate surface area is 170 Å². The topological polar surface area (TPSA) is 68.2 Å². The van der Waals surface area contributed by atoms with E-state index < -0.39 is 30.4 Å². The summed E-state index contributed by atoms with van der Waals surface area (Å²) in [7, 11) is -3.54. The SMILES string of the molecule is CCOP(=O)(OCC)[C@H](N(O[C@@H](CO)c1ccccc1)C(C)(C)C)C(C)(C)C. The minimum Gasteiger partial charge on any atom is -0.393 e. The lowest BCUT2D eigenvalue weighted by molar-refractivity contribution is -0.274. The predicted octanol–water partition coefficient (Wildman–Crippen LogP) is 5.39. The van der Waals surface area contributed by atoms with E-state index >= 15 is 0 Å². The van der Waals surface area contributed by atoms with E-state index in [0.29, 0.717) is 0 Å². The highest BCUT2D eigenvalue weighted by Gasteiger charge is 2.51. The van der Waals surface area contributed by atoms with Crippen LogP contribution in [0, 0.1) is 5.41 Å². The van der Waals surface area contributed by atoms with Gasteiger partial charge in [0.05, 0.1) is 19.8 Å². The maximum atomic E-state index is 13.8. The molecule has 1 aromatic rings. The molecular formula is C21H38NO5P. The highest BCUT2D eigenvalue weighted by molar-refractivity contribution is 7.54. The molecule has 28 heavy (non-hydrogen) atoms. The third kappa shape index (κ3) is 6.65. The molecule has 162 valence electrons. The Hall–Kier alpha value is -0.750. The van der Waals surface area contributed by atoms with Crippen molar-refractivity contribution < 1.29 is 23.6 Å². The van der Waals surface area contributed by atoms with Crippen LogP contribution in [0.4, 0.5) is 0 Å². The molecule has 1 aromatic carbocycles. The first-order chi connectivity index (χ1) is 12.9. The van der Waals surface area contributed by atoms with Crippen LogP contribution in [0.5, 0.6) is 0 Å². The summed E-state index contributed by atoms with van der Waals surface area (Å²) in [5, 5.41) is 11.7. The van der Waals surface area contributed by atoms with Gasteiger partial charge >= 0.3 is 7.60 Å². The largest absolute Gasteiger partial charge is 0.393 e. The van der Waals surface area contributed by atoms with E-state index in [2.05, 4.69) is 0 Å². The summed E-state index contributed by atoms with van der Waals surface area (Å²) in [5.41, 5.74) is -0.164. The quantitative estimate of drug-likeness (QED) is 0.408. The van der Waals surface area contributed by atoms with Gasteiger partial charge in [-0.15, -0.1) is 0 Å². The van der Waals surface area contributed by atoms with Crippen molar-refractivity contribution in [3.05, 3.63) is 35.9 Å². The standard InChI is InChI=1S/C21H38NO5P/c1-9-25-28(24,26-10-2)19(20(3,4)5)22(21(6,7)8)27-18(16-23)17-14-12-11-13-15-17/h11-15,18-19,23H,9-10,16H2,1-8H3/t18-,19-/m0/s1. The van der Waals surface area contributed by atoms with Gasteiger partial charge in [0, 0.05) is 5.54 Å². The fraction of sp³-hybridized carbons (Fsp3) is 0.714. The molecular weight excluding hydrogens is 377 g/mol. The summed E-state index contributed by atoms with van der Waals surface area (Å²) in [4.78, 5) is 6.33. The predicted molar refractivity (Wildman–Crippen MR) is 113 cm³/mol. The second-order valence-corrected chi connectivity index (χ2v) is 10.9. The number of hydrogen-bond acceptors (Lipinski definition) is 6. The van der Waals surface area contributed by atoms with Crippen molar-refractivity contribution >= 4 is 7.60 Å². The molecule has 1 N–H and O–H groups in total. The normalized spacial score (nSPS) is 15.6. The van der Waals surface area contributed by atoms with Gasteiger partial charge in [-0.05, 0) is 45.6 Å². The monoisotopic (exact) mass is 415 g/mol. The van der Waals surface area contributed by atoms with Gasteiger partial charge in [0.25, 0.3) is 0 Å². The highest BCUT2D eigenvalue weighted by Crippen LogP contribution is 2.61. The van der Waals surface area contributed by atoms with Crippen molar-refractivity contribution in [2.45, 2.75) is 72.8 Å². The number of nitrogens with zero attached hydrogens (tertiary/aromatic N) is 1. The lowest BCUT2D eigenvalue weighted by Gasteiger charge is -2.48. The minimum absolute atomic E-state index is 0.207. The lowest BCUT2D eigenvalue weighted by atomic mass is 9.94. The molecule has 0 aliphatic rings. The van der Waals surface area contributed by atoms with Crippen LogP contribution in [0.2, 0.25) is 0 Å². The first-order valence-corrected chi connectivity index (χ1v) is 11.5. The van der Waals surface area contributed by atoms with E-state index in [9.17, 15) is 9.67 Å². The third-order valence-corrected chi connectivity index (χ3v) is 6.97. The molecule has 7 heteroatoms. The third-order valence-electron chi connectivity index (χ3n) is 4.15. The zero-order valence-electron chi connectivity index (χ0n) is 18.6. The Balaban J connectivity index is 3.45. The number of aliphatic hydroxyl groups excluding tert-OH is 1. The summed E-state index contributed by atoms with van der Waals surface area (Å²) >= 11 is 0. The number of benzene rings is 1. The molecule has 0 saturated heterocycles. The Morgan fingerprint density at radius 2 is 1.50 bits per heavy atom. The van der Waals surface area contributed by atoms with Gasteiger partial charge in [0.2, 0.25) is 0 Å². The van der Waals surface area contributed by atoms with Crippen molar-refractivity contribution in [3.8, 4) is 0 Å². The average molecular weight is 416 g/mol. The molecule has 0 fully saturated rings. The molecule has 0 aliphatic heterocycles. The van der Waals surface area contributed by atoms with Crippen LogP contribution in [-0.4, -0.2) is 41.3 Å². The van der Waals surface area contributed by atoms with Crippen molar-refractivity contribution in [2.24, 2.45) is 5.41 Å². The van der Waals surface area contributed by atoms with Crippen molar-refractivity contribution in [3.63, 3.8) is 0 Å². The van der Waals surface area contributed by atoms with Gasteiger partial charge in [-0.25, -0.2) is 0 Å². The summed E-state index contributed by atoms with van der Waals surface area (Å²) in [6.07, 6.45) is -0.595. The van der Waals surface area contributed by atoms with E-state index in [0.717, 1.165) is 5.56 Å². The summed E-state index contributed by atoms with van der Waals surface area (Å²) in [6, 6.07) is 9.51. The number of hydroxylamine groups is 2. The van der Waals surface area contributed by atoms with Gasteiger partial charge in [-0.3, -0.25) is 9.40 Å². The zero-order valence-corrected chi connectivity index (χ0v) is 19.5. The van der Waals surface area contributed by atoms with Gasteiger partial charge in [-0.1, -0.05) is 51.1 Å². The average Bonchev–Trinajstić information content (AvgIpc) is 2.57. The maximum absolute atomic E-state index is 13.8. The van der Waals surface area contributed by atoms with E-state index in [-0.39, 0.29) is 19.8 Å². The van der Waals surface area contributed by atoms with Crippen LogP contribution in [0.25, 0.3) is 0 Å². The molecule has 0 spiro atoms. The molecule has 0 heterocycles. The molecule has 0 saturated carbocycles. The van der Waals surface area contributed by atoms with Crippen LogP contribution >= 0.6 is 7.60 Å². The van der Waals surface area contributed by atoms with Crippen LogP contribution < -0.4 is 0 Å². The minimum atomic E-state index is -3.54. The Kier molecular flexibility index (Phi) is 9.33. The Morgan fingerprint density at radius 3 is 1.86 bits per heavy atom. The Bertz CT molecular complexity index is 614. The van der Waals surface area contributed by atoms with Crippen LogP contribution in [0.3, 0.4) is 0 Å². The fourth-order valence-electron chi connectivity index (χ4n) is 3.08. The smallest absolute Gasteiger partial charge is 0.350 e. The first kappa shape index (κ1) is 25.3. The van der Waals surface area contributed by atoms with E-state index in [1.165, 1.54) is 0 Å². The van der Waals surface area contributed by atoms with Gasteiger partial charge in [0.1, 0.15) is 11.9 Å². The number of rotatable bonds is 10. The molecule has 0 bridgehead atoms. The van der Waals surface area contributed by atoms with Gasteiger partial charge in [-0.2, -0.15) is 5.06 Å². The van der Waals surface area contributed by atoms with Crippen molar-refractivity contribution in [1.29, 1.82) is 0 Å². The second kappa shape index (κ2) is 10.3. The second-order valence-electron chi connectivity index (χ2n) is 8.80. The Morgan fingerprint density at radius 1 is 1.00 bits per heavy atom. The van der Waals surface area contributed by atoms with Gasteiger partial charge < -0.3 is 14.2 Å². The summed E-state index contributed by atoms with van der Waals surface area (Å²) in [6.45, 7) is 15.8. The van der Waals surface area contributed by atoms with Crippen molar-refractivity contribution in [2.75, 3.05) is 19.8 Å². The van der Waals surface area contributed by atoms with Gasteiger partial charge in [0.15, 0.2) is 0 Å². The number of hydrogen-bond donors (Lipinski definition) is 1. The van der Waals surface area contributed by atoms with E-state index in [1.54, 1.807) is 18.9 Å². The van der Waals surface area contributed by atoms with E-state index in [1.807, 2.05) is 71.9 Å². The van der Waals surface area contributed by atoms with Crippen LogP contribution in [0.15, 0.2) is 30.3 Å². The van der Waals surface area contributed by atoms with Crippen LogP contribution in [0.1, 0.15) is 67.1 Å². The highest BCUT2D eigenvalue weighted by atomic mass is 31.2. The fourth-order valence-corrected chi connectivity index (χ4v) is 5.76. The molecule has 0 aromatic heterocycles. The summed E-state index contributed by atoms with van der Waals surface area (Å²) in [5.74, 6) is -0.669. The summed E-state index contributed by atoms with van der Waals surface area (Å²) < 4.78 is 25.2. The van der Waals surface area contributed by atoms with E-state index in [4.69, 9.17) is 13.9 Å². The molecule has 0 radical (unpaired) electrons. The van der Waals surface area contributed by atoms with Crippen LogP contribution in [-0.2, 0) is 18.5 Å². The lowest BCUT2D eigenvalue weighted by Crippen LogP contribution is -2.54. The maximum Gasteiger partial charge on any atom is 0.350 e. The molecule has 6 nitrogen and oxygen atoms in total. The van der Waals surface area contributed by atoms with Crippen molar-refractivity contribution in [1.82, 2.24) is 5.06 Å². The molecule has 2 atom stereocenters. The molecule has 0 unspecified atom stereocenters. The zero-order chi connectivity index (χ0) is 21.6.